The molecule has 316 valence electrons. The van der Waals surface area contributed by atoms with Crippen LogP contribution in [-0.4, -0.2) is 56.8 Å². The summed E-state index contributed by atoms with van der Waals surface area (Å²) in [5.41, 5.74) is 0. The maximum atomic E-state index is 12.4. The van der Waals surface area contributed by atoms with Crippen LogP contribution in [0.2, 0.25) is 0 Å². The molecule has 53 heavy (non-hydrogen) atoms. The third-order valence-electron chi connectivity index (χ3n) is 12.1. The maximum absolute atomic E-state index is 12.4. The van der Waals surface area contributed by atoms with E-state index in [4.69, 9.17) is 9.47 Å². The molecular weight excluding hydrogens is 655 g/mol. The Bertz CT molecular complexity index is 802. The molecule has 0 fully saturated rings. The van der Waals surface area contributed by atoms with E-state index >= 15 is 0 Å². The summed E-state index contributed by atoms with van der Waals surface area (Å²) in [6, 6.07) is 0. The molecule has 0 bridgehead atoms. The van der Waals surface area contributed by atoms with Gasteiger partial charge < -0.3 is 14.0 Å². The summed E-state index contributed by atoms with van der Waals surface area (Å²) < 4.78 is 11.9. The van der Waals surface area contributed by atoms with Crippen molar-refractivity contribution in [3.05, 3.63) is 0 Å². The highest BCUT2D eigenvalue weighted by Gasteiger charge is 2.18. The molecule has 0 heterocycles. The van der Waals surface area contributed by atoms with Gasteiger partial charge >= 0.3 is 11.9 Å². The molecule has 5 nitrogen and oxygen atoms in total. The molecule has 5 heteroatoms. The van der Waals surface area contributed by atoms with Crippen LogP contribution < -0.4 is 0 Å². The minimum atomic E-state index is -0.0831. The van der Waals surface area contributed by atoms with Crippen molar-refractivity contribution in [3.8, 4) is 0 Å². The quantitative estimate of drug-likeness (QED) is 0.0473. The lowest BCUT2D eigenvalue weighted by molar-refractivity contribution is -0.890. The Morgan fingerprint density at radius 2 is 0.604 bits per heavy atom. The number of carbonyl (C=O) groups is 2. The molecule has 0 aromatic rings. The van der Waals surface area contributed by atoms with Crippen LogP contribution in [0, 0.1) is 47.3 Å². The van der Waals surface area contributed by atoms with Crippen LogP contribution in [0.5, 0.6) is 0 Å². The Kier molecular flexibility index (Phi) is 31.4. The molecule has 6 atom stereocenters. The van der Waals surface area contributed by atoms with Crippen LogP contribution in [0.3, 0.4) is 0 Å². The molecule has 0 aliphatic rings. The van der Waals surface area contributed by atoms with Gasteiger partial charge in [-0.15, -0.1) is 0 Å². The highest BCUT2D eigenvalue weighted by Crippen LogP contribution is 2.25. The van der Waals surface area contributed by atoms with E-state index in [1.807, 2.05) is 0 Å². The molecule has 0 spiro atoms. The van der Waals surface area contributed by atoms with E-state index in [0.29, 0.717) is 42.4 Å². The minimum Gasteiger partial charge on any atom is -0.460 e. The molecule has 0 radical (unpaired) electrons. The first-order chi connectivity index (χ1) is 25.0. The summed E-state index contributed by atoms with van der Waals surface area (Å²) >= 11 is 0. The zero-order valence-electron chi connectivity index (χ0n) is 38.1. The van der Waals surface area contributed by atoms with Crippen LogP contribution in [0.1, 0.15) is 210 Å². The molecule has 0 aromatic heterocycles. The lowest BCUT2D eigenvalue weighted by atomic mass is 9.90. The summed E-state index contributed by atoms with van der Waals surface area (Å²) in [7, 11) is 4.22. The van der Waals surface area contributed by atoms with Crippen molar-refractivity contribution in [2.45, 2.75) is 210 Å². The summed E-state index contributed by atoms with van der Waals surface area (Å²) in [4.78, 5) is 24.9. The third-order valence-corrected chi connectivity index (χ3v) is 12.1. The first kappa shape index (κ1) is 51.9. The van der Waals surface area contributed by atoms with Gasteiger partial charge in [-0.05, 0) is 60.2 Å². The van der Waals surface area contributed by atoms with Gasteiger partial charge in [0.15, 0.2) is 0 Å². The number of quaternary nitrogens is 1. The summed E-state index contributed by atoms with van der Waals surface area (Å²) in [5, 5.41) is 0. The molecule has 0 amide bonds. The molecule has 0 saturated carbocycles. The fourth-order valence-corrected chi connectivity index (χ4v) is 7.67. The van der Waals surface area contributed by atoms with Crippen molar-refractivity contribution in [1.29, 1.82) is 0 Å². The van der Waals surface area contributed by atoms with Crippen LogP contribution in [-0.2, 0) is 19.1 Å². The Balaban J connectivity index is 3.89. The van der Waals surface area contributed by atoms with E-state index in [0.717, 1.165) is 61.4 Å². The Morgan fingerprint density at radius 1 is 0.377 bits per heavy atom. The SMILES string of the molecule is CC(C)CCCC(C)CCCC(C)CCCC(C)CCC(=O)OCC[N+](C)(C)CCOC(=O)CCC(C)CCCC(C)CCCC(C)CCCC(C)C. The van der Waals surface area contributed by atoms with Crippen molar-refractivity contribution in [1.82, 2.24) is 0 Å². The number of nitrogens with zero attached hydrogens (tertiary/aromatic N) is 1. The largest absolute Gasteiger partial charge is 0.460 e. The van der Waals surface area contributed by atoms with Crippen LogP contribution >= 0.6 is 0 Å². The van der Waals surface area contributed by atoms with Crippen molar-refractivity contribution in [3.63, 3.8) is 0 Å². The van der Waals surface area contributed by atoms with Gasteiger partial charge in [-0.3, -0.25) is 9.59 Å². The van der Waals surface area contributed by atoms with E-state index in [2.05, 4.69) is 83.3 Å². The predicted molar refractivity (Wildman–Crippen MR) is 230 cm³/mol. The van der Waals surface area contributed by atoms with E-state index < -0.39 is 0 Å². The molecular formula is C48H96NO4+. The summed E-state index contributed by atoms with van der Waals surface area (Å²) in [6.07, 6.45) is 26.8. The standard InChI is InChI=1S/C48H96NO4/c1-39(2)19-13-21-41(5)23-15-25-43(7)27-17-29-45(9)31-33-47(50)52-37-35-49(11,12)36-38-53-48(51)34-32-46(10)30-18-28-44(8)26-16-24-42(6)22-14-20-40(3)4/h39-46H,13-38H2,1-12H3/q+1. The van der Waals surface area contributed by atoms with Gasteiger partial charge in [0.25, 0.3) is 0 Å². The lowest BCUT2D eigenvalue weighted by Crippen LogP contribution is -2.45. The average molecular weight is 751 g/mol. The molecule has 0 aromatic carbocycles. The smallest absolute Gasteiger partial charge is 0.306 e. The highest BCUT2D eigenvalue weighted by molar-refractivity contribution is 5.69. The first-order valence-electron chi connectivity index (χ1n) is 23.1. The second-order valence-electron chi connectivity index (χ2n) is 19.9. The van der Waals surface area contributed by atoms with Crippen LogP contribution in [0.15, 0.2) is 0 Å². The zero-order valence-corrected chi connectivity index (χ0v) is 38.1. The highest BCUT2D eigenvalue weighted by atomic mass is 16.5. The van der Waals surface area contributed by atoms with E-state index in [-0.39, 0.29) is 11.9 Å². The number of ether oxygens (including phenoxy) is 2. The van der Waals surface area contributed by atoms with Gasteiger partial charge in [-0.1, -0.05) is 185 Å². The number of rotatable bonds is 36. The van der Waals surface area contributed by atoms with Crippen molar-refractivity contribution >= 4 is 11.9 Å². The van der Waals surface area contributed by atoms with E-state index in [1.54, 1.807) is 0 Å². The molecule has 6 unspecified atom stereocenters. The fourth-order valence-electron chi connectivity index (χ4n) is 7.67. The van der Waals surface area contributed by atoms with Gasteiger partial charge in [-0.25, -0.2) is 0 Å². The van der Waals surface area contributed by atoms with Gasteiger partial charge in [0.05, 0.1) is 14.1 Å². The summed E-state index contributed by atoms with van der Waals surface area (Å²) in [5.74, 6) is 5.95. The molecule has 0 rings (SSSR count). The monoisotopic (exact) mass is 751 g/mol. The maximum Gasteiger partial charge on any atom is 0.306 e. The van der Waals surface area contributed by atoms with Gasteiger partial charge in [0.2, 0.25) is 0 Å². The van der Waals surface area contributed by atoms with Gasteiger partial charge in [0, 0.05) is 12.8 Å². The number of hydrogen-bond acceptors (Lipinski definition) is 4. The normalized spacial score (nSPS) is 15.7. The lowest BCUT2D eigenvalue weighted by Gasteiger charge is -2.29. The summed E-state index contributed by atoms with van der Waals surface area (Å²) in [6.45, 7) is 25.8. The van der Waals surface area contributed by atoms with Gasteiger partial charge in [-0.2, -0.15) is 0 Å². The van der Waals surface area contributed by atoms with Crippen LogP contribution in [0.25, 0.3) is 0 Å². The average Bonchev–Trinajstić information content (AvgIpc) is 3.06. The van der Waals surface area contributed by atoms with E-state index in [1.165, 1.54) is 116 Å². The van der Waals surface area contributed by atoms with Crippen molar-refractivity contribution in [2.75, 3.05) is 40.4 Å². The second kappa shape index (κ2) is 32.0. The van der Waals surface area contributed by atoms with E-state index in [9.17, 15) is 9.59 Å². The Morgan fingerprint density at radius 3 is 0.849 bits per heavy atom. The minimum absolute atomic E-state index is 0.0831. The first-order valence-corrected chi connectivity index (χ1v) is 23.1. The predicted octanol–water partition coefficient (Wildman–Crippen LogP) is 13.9. The third kappa shape index (κ3) is 35.1. The number of esters is 2. The molecule has 0 aliphatic heterocycles. The Hall–Kier alpha value is -1.10. The fraction of sp³-hybridized carbons (Fsp3) is 0.958. The second-order valence-corrected chi connectivity index (χ2v) is 19.9. The number of hydrogen-bond donors (Lipinski definition) is 0. The van der Waals surface area contributed by atoms with Gasteiger partial charge in [0.1, 0.15) is 26.3 Å². The Labute approximate surface area is 332 Å². The van der Waals surface area contributed by atoms with Crippen molar-refractivity contribution < 1.29 is 23.5 Å². The zero-order chi connectivity index (χ0) is 40.1. The number of likely N-dealkylation sites (N-methyl/N-ethyl adjacent to an activating group) is 1. The topological polar surface area (TPSA) is 52.6 Å². The molecule has 0 N–H and O–H groups in total. The molecule has 0 saturated heterocycles. The van der Waals surface area contributed by atoms with Crippen molar-refractivity contribution in [2.24, 2.45) is 47.3 Å². The van der Waals surface area contributed by atoms with Crippen LogP contribution in [0.4, 0.5) is 0 Å². The number of carbonyl (C=O) groups excluding carboxylic acids is 2. The molecule has 0 aliphatic carbocycles.